The molecule has 0 aromatic heterocycles. The second kappa shape index (κ2) is 4.24. The van der Waals surface area contributed by atoms with Gasteiger partial charge in [-0.15, -0.1) is 0 Å². The number of carboxylic acids is 1. The van der Waals surface area contributed by atoms with E-state index in [1.807, 2.05) is 0 Å². The predicted molar refractivity (Wildman–Crippen MR) is 50.5 cm³/mol. The molecule has 0 atom stereocenters. The van der Waals surface area contributed by atoms with Crippen molar-refractivity contribution in [2.45, 2.75) is 0 Å². The second-order valence-electron chi connectivity index (χ2n) is 3.33. The van der Waals surface area contributed by atoms with Crippen LogP contribution in [0.1, 0.15) is 0 Å². The monoisotopic (exact) mass is 222 g/mol. The van der Waals surface area contributed by atoms with Gasteiger partial charge in [0.1, 0.15) is 0 Å². The molecule has 1 heterocycles. The number of sulfonamides is 1. The number of rotatable bonds is 3. The molecule has 1 aliphatic rings. The SMILES string of the molecule is CS(=O)(=O)N1CCN(CC(=O)O)CC1. The number of carboxylic acid groups (broad SMARTS) is 1. The highest BCUT2D eigenvalue weighted by Gasteiger charge is 2.23. The van der Waals surface area contributed by atoms with E-state index in [2.05, 4.69) is 0 Å². The summed E-state index contributed by atoms with van der Waals surface area (Å²) in [6.07, 6.45) is 1.17. The zero-order valence-corrected chi connectivity index (χ0v) is 8.83. The third-order valence-corrected chi connectivity index (χ3v) is 3.46. The lowest BCUT2D eigenvalue weighted by Gasteiger charge is -2.31. The summed E-state index contributed by atoms with van der Waals surface area (Å²) in [5.74, 6) is -0.877. The largest absolute Gasteiger partial charge is 0.480 e. The van der Waals surface area contributed by atoms with Crippen molar-refractivity contribution in [3.8, 4) is 0 Å². The van der Waals surface area contributed by atoms with E-state index >= 15 is 0 Å². The predicted octanol–water partition coefficient (Wildman–Crippen LogP) is -1.35. The third kappa shape index (κ3) is 3.24. The molecule has 1 saturated heterocycles. The molecule has 1 fully saturated rings. The summed E-state index contributed by atoms with van der Waals surface area (Å²) < 4.78 is 23.6. The maximum Gasteiger partial charge on any atom is 0.317 e. The molecule has 1 N–H and O–H groups in total. The van der Waals surface area contributed by atoms with Crippen molar-refractivity contribution in [1.29, 1.82) is 0 Å². The number of aliphatic carboxylic acids is 1. The van der Waals surface area contributed by atoms with Crippen LogP contribution in [0.5, 0.6) is 0 Å². The van der Waals surface area contributed by atoms with E-state index in [4.69, 9.17) is 5.11 Å². The molecule has 0 aliphatic carbocycles. The zero-order valence-electron chi connectivity index (χ0n) is 8.01. The topological polar surface area (TPSA) is 77.9 Å². The Morgan fingerprint density at radius 3 is 2.14 bits per heavy atom. The van der Waals surface area contributed by atoms with E-state index in [0.717, 1.165) is 0 Å². The first-order valence-electron chi connectivity index (χ1n) is 4.29. The molecule has 0 unspecified atom stereocenters. The molecule has 7 heteroatoms. The number of carbonyl (C=O) groups is 1. The van der Waals surface area contributed by atoms with Gasteiger partial charge in [-0.25, -0.2) is 8.42 Å². The third-order valence-electron chi connectivity index (χ3n) is 2.16. The van der Waals surface area contributed by atoms with Crippen molar-refractivity contribution in [2.75, 3.05) is 39.0 Å². The van der Waals surface area contributed by atoms with Crippen LogP contribution in [0, 0.1) is 0 Å². The highest BCUT2D eigenvalue weighted by atomic mass is 32.2. The van der Waals surface area contributed by atoms with Gasteiger partial charge in [-0.2, -0.15) is 4.31 Å². The minimum atomic E-state index is -3.12. The summed E-state index contributed by atoms with van der Waals surface area (Å²) in [5.41, 5.74) is 0. The molecule has 6 nitrogen and oxygen atoms in total. The van der Waals surface area contributed by atoms with E-state index < -0.39 is 16.0 Å². The molecule has 0 radical (unpaired) electrons. The van der Waals surface area contributed by atoms with E-state index in [-0.39, 0.29) is 6.54 Å². The lowest BCUT2D eigenvalue weighted by Crippen LogP contribution is -2.49. The van der Waals surface area contributed by atoms with E-state index in [9.17, 15) is 13.2 Å². The summed E-state index contributed by atoms with van der Waals surface area (Å²) >= 11 is 0. The number of piperazine rings is 1. The fraction of sp³-hybridized carbons (Fsp3) is 0.857. The van der Waals surface area contributed by atoms with Gasteiger partial charge in [-0.3, -0.25) is 9.69 Å². The Bertz CT molecular complexity index is 306. The Hall–Kier alpha value is -0.660. The molecule has 0 spiro atoms. The van der Waals surface area contributed by atoms with Gasteiger partial charge in [0.2, 0.25) is 10.0 Å². The van der Waals surface area contributed by atoms with Crippen LogP contribution in [0.2, 0.25) is 0 Å². The minimum Gasteiger partial charge on any atom is -0.480 e. The normalized spacial score (nSPS) is 20.9. The Labute approximate surface area is 83.2 Å². The second-order valence-corrected chi connectivity index (χ2v) is 5.31. The van der Waals surface area contributed by atoms with Crippen molar-refractivity contribution < 1.29 is 18.3 Å². The van der Waals surface area contributed by atoms with Crippen molar-refractivity contribution >= 4 is 16.0 Å². The maximum atomic E-state index is 11.1. The lowest BCUT2D eigenvalue weighted by molar-refractivity contribution is -0.138. The van der Waals surface area contributed by atoms with Crippen molar-refractivity contribution in [3.05, 3.63) is 0 Å². The minimum absolute atomic E-state index is 0.0163. The molecule has 82 valence electrons. The standard InChI is InChI=1S/C7H14N2O4S/c1-14(12,13)9-4-2-8(3-5-9)6-7(10)11/h2-6H2,1H3,(H,10,11). The first-order valence-corrected chi connectivity index (χ1v) is 6.13. The quantitative estimate of drug-likeness (QED) is 0.638. The van der Waals surface area contributed by atoms with Gasteiger partial charge >= 0.3 is 5.97 Å². The average Bonchev–Trinajstić information content (AvgIpc) is 2.02. The van der Waals surface area contributed by atoms with Gasteiger partial charge in [0.05, 0.1) is 12.8 Å². The maximum absolute atomic E-state index is 11.1. The van der Waals surface area contributed by atoms with Gasteiger partial charge in [0.25, 0.3) is 0 Å². The number of nitrogens with zero attached hydrogens (tertiary/aromatic N) is 2. The first-order chi connectivity index (χ1) is 6.39. The summed E-state index contributed by atoms with van der Waals surface area (Å²) in [4.78, 5) is 12.1. The average molecular weight is 222 g/mol. The Morgan fingerprint density at radius 1 is 1.29 bits per heavy atom. The lowest BCUT2D eigenvalue weighted by atomic mass is 10.3. The van der Waals surface area contributed by atoms with Crippen LogP contribution in [-0.2, 0) is 14.8 Å². The fourth-order valence-corrected chi connectivity index (χ4v) is 2.24. The highest BCUT2D eigenvalue weighted by Crippen LogP contribution is 2.05. The van der Waals surface area contributed by atoms with Gasteiger partial charge in [-0.1, -0.05) is 0 Å². The first kappa shape index (κ1) is 11.4. The molecule has 0 amide bonds. The van der Waals surface area contributed by atoms with E-state index in [0.29, 0.717) is 26.2 Å². The van der Waals surface area contributed by atoms with E-state index in [1.54, 1.807) is 4.90 Å². The van der Waals surface area contributed by atoms with Gasteiger partial charge in [0.15, 0.2) is 0 Å². The van der Waals surface area contributed by atoms with Crippen molar-refractivity contribution in [3.63, 3.8) is 0 Å². The van der Waals surface area contributed by atoms with Crippen LogP contribution in [0.4, 0.5) is 0 Å². The molecule has 1 rings (SSSR count). The molecular weight excluding hydrogens is 208 g/mol. The smallest absolute Gasteiger partial charge is 0.317 e. The van der Waals surface area contributed by atoms with Crippen LogP contribution in [0.3, 0.4) is 0 Å². The van der Waals surface area contributed by atoms with Crippen LogP contribution >= 0.6 is 0 Å². The van der Waals surface area contributed by atoms with Crippen LogP contribution in [-0.4, -0.2) is 67.7 Å². The van der Waals surface area contributed by atoms with Gasteiger partial charge in [0, 0.05) is 26.2 Å². The highest BCUT2D eigenvalue weighted by molar-refractivity contribution is 7.88. The van der Waals surface area contributed by atoms with Crippen LogP contribution in [0.25, 0.3) is 0 Å². The van der Waals surface area contributed by atoms with Gasteiger partial charge in [-0.05, 0) is 0 Å². The van der Waals surface area contributed by atoms with Crippen LogP contribution in [0.15, 0.2) is 0 Å². The summed E-state index contributed by atoms with van der Waals surface area (Å²) in [7, 11) is -3.12. The number of hydrogen-bond donors (Lipinski definition) is 1. The Kier molecular flexibility index (Phi) is 3.46. The molecular formula is C7H14N2O4S. The van der Waals surface area contributed by atoms with Crippen molar-refractivity contribution in [2.24, 2.45) is 0 Å². The van der Waals surface area contributed by atoms with Gasteiger partial charge < -0.3 is 5.11 Å². The summed E-state index contributed by atoms with van der Waals surface area (Å²) in [5, 5.41) is 8.52. The molecule has 0 saturated carbocycles. The van der Waals surface area contributed by atoms with Crippen LogP contribution < -0.4 is 0 Å². The van der Waals surface area contributed by atoms with E-state index in [1.165, 1.54) is 10.6 Å². The summed E-state index contributed by atoms with van der Waals surface area (Å²) in [6.45, 7) is 1.72. The molecule has 0 aromatic carbocycles. The molecule has 0 bridgehead atoms. The van der Waals surface area contributed by atoms with Crippen molar-refractivity contribution in [1.82, 2.24) is 9.21 Å². The zero-order chi connectivity index (χ0) is 10.8. The summed E-state index contributed by atoms with van der Waals surface area (Å²) in [6, 6.07) is 0. The molecule has 1 aliphatic heterocycles. The fourth-order valence-electron chi connectivity index (χ4n) is 1.41. The number of hydrogen-bond acceptors (Lipinski definition) is 4. The Balaban J connectivity index is 2.43. The molecule has 14 heavy (non-hydrogen) atoms. The molecule has 0 aromatic rings. The Morgan fingerprint density at radius 2 is 1.79 bits per heavy atom.